The second-order valence-corrected chi connectivity index (χ2v) is 7.01. The Morgan fingerprint density at radius 2 is 1.97 bits per heavy atom. The number of carboxylic acids is 1. The number of hydrazine groups is 4. The highest BCUT2D eigenvalue weighted by Crippen LogP contribution is 2.21. The van der Waals surface area contributed by atoms with Gasteiger partial charge in [-0.05, 0) is 34.9 Å². The van der Waals surface area contributed by atoms with Crippen LogP contribution >= 0.6 is 11.3 Å². The molecule has 0 fully saturated rings. The molecule has 2 heterocycles. The molecule has 1 aliphatic heterocycles. The molecule has 0 unspecified atom stereocenters. The van der Waals surface area contributed by atoms with Crippen molar-refractivity contribution in [1.82, 2.24) is 15.4 Å². The number of ether oxygens (including phenoxy) is 1. The van der Waals surface area contributed by atoms with Crippen LogP contribution in [0.2, 0.25) is 0 Å². The Morgan fingerprint density at radius 3 is 2.62 bits per heavy atom. The van der Waals surface area contributed by atoms with Crippen molar-refractivity contribution in [3.8, 4) is 0 Å². The Balaban J connectivity index is 1.77. The van der Waals surface area contributed by atoms with Gasteiger partial charge in [-0.2, -0.15) is 22.0 Å². The summed E-state index contributed by atoms with van der Waals surface area (Å²) in [6.07, 6.45) is 0.00739. The first-order valence-electron chi connectivity index (χ1n) is 8.90. The number of carbonyl (C=O) groups is 2. The maximum absolute atomic E-state index is 12.9. The number of carboxylic acid groups (broad SMARTS) is 1. The number of nitrogens with zero attached hydrogens (tertiary/aromatic N) is 4. The maximum Gasteiger partial charge on any atom is 0.528 e. The zero-order chi connectivity index (χ0) is 20.8. The molecule has 10 nitrogen and oxygen atoms in total. The van der Waals surface area contributed by atoms with Gasteiger partial charge in [0.05, 0.1) is 12.1 Å². The fraction of sp³-hybridized carbons (Fsp3) is 0.278. The van der Waals surface area contributed by atoms with Crippen molar-refractivity contribution < 1.29 is 24.3 Å². The van der Waals surface area contributed by atoms with Crippen LogP contribution in [0.25, 0.3) is 0 Å². The molecule has 1 aromatic carbocycles. The SMILES string of the molecule is NN1N(CCCCC(=O)O)N(C(=O)OCc2ccccc2)C(c2ccsc2)=[N+]1[O-]. The van der Waals surface area contributed by atoms with E-state index in [0.717, 1.165) is 15.8 Å². The van der Waals surface area contributed by atoms with Crippen molar-refractivity contribution in [3.63, 3.8) is 0 Å². The maximum atomic E-state index is 12.9. The van der Waals surface area contributed by atoms with E-state index in [1.807, 2.05) is 30.3 Å². The number of thiophene rings is 1. The number of hydrogen-bond acceptors (Lipinski definition) is 8. The molecule has 1 aromatic heterocycles. The number of amidine groups is 1. The predicted molar refractivity (Wildman–Crippen MR) is 105 cm³/mol. The van der Waals surface area contributed by atoms with Gasteiger partial charge >= 0.3 is 17.9 Å². The number of hydrogen-bond donors (Lipinski definition) is 2. The van der Waals surface area contributed by atoms with Gasteiger partial charge in [0.15, 0.2) is 0 Å². The van der Waals surface area contributed by atoms with E-state index in [1.54, 1.807) is 16.8 Å². The average molecular weight is 419 g/mol. The lowest BCUT2D eigenvalue weighted by Crippen LogP contribution is -2.54. The van der Waals surface area contributed by atoms with Gasteiger partial charge < -0.3 is 15.1 Å². The molecule has 29 heavy (non-hydrogen) atoms. The molecule has 0 spiro atoms. The summed E-state index contributed by atoms with van der Waals surface area (Å²) in [6.45, 7) is 0.194. The normalized spacial score (nSPS) is 14.5. The topological polar surface area (TPSA) is 125 Å². The average Bonchev–Trinajstić information content (AvgIpc) is 3.32. The molecule has 11 heteroatoms. The summed E-state index contributed by atoms with van der Waals surface area (Å²) in [5.41, 5.74) is 1.32. The first kappa shape index (κ1) is 20.6. The Kier molecular flexibility index (Phi) is 6.65. The van der Waals surface area contributed by atoms with Gasteiger partial charge in [-0.3, -0.25) is 4.79 Å². The van der Waals surface area contributed by atoms with Gasteiger partial charge in [0, 0.05) is 16.9 Å². The van der Waals surface area contributed by atoms with Crippen molar-refractivity contribution in [2.75, 3.05) is 6.54 Å². The van der Waals surface area contributed by atoms with E-state index in [1.165, 1.54) is 16.5 Å². The number of hydrazone groups is 1. The summed E-state index contributed by atoms with van der Waals surface area (Å²) in [5, 5.41) is 28.0. The van der Waals surface area contributed by atoms with Crippen LogP contribution in [0.4, 0.5) is 4.79 Å². The number of amides is 1. The van der Waals surface area contributed by atoms with E-state index in [-0.39, 0.29) is 25.4 Å². The van der Waals surface area contributed by atoms with E-state index in [2.05, 4.69) is 0 Å². The number of rotatable bonds is 8. The van der Waals surface area contributed by atoms with Crippen LogP contribution in [-0.4, -0.2) is 49.8 Å². The lowest BCUT2D eigenvalue weighted by molar-refractivity contribution is -0.673. The summed E-state index contributed by atoms with van der Waals surface area (Å²) in [4.78, 5) is 24.0. The molecule has 0 bridgehead atoms. The highest BCUT2D eigenvalue weighted by molar-refractivity contribution is 7.08. The molecule has 1 amide bonds. The number of nitrogens with two attached hydrogens (primary N) is 1. The highest BCUT2D eigenvalue weighted by atomic mass is 32.1. The Morgan fingerprint density at radius 1 is 1.21 bits per heavy atom. The van der Waals surface area contributed by atoms with Crippen LogP contribution in [0.15, 0.2) is 47.2 Å². The van der Waals surface area contributed by atoms with Crippen LogP contribution in [0.3, 0.4) is 0 Å². The molecule has 154 valence electrons. The van der Waals surface area contributed by atoms with Gasteiger partial charge in [-0.25, -0.2) is 0 Å². The molecule has 0 saturated carbocycles. The molecule has 0 aliphatic carbocycles. The van der Waals surface area contributed by atoms with Crippen molar-refractivity contribution in [1.29, 1.82) is 0 Å². The lowest BCUT2D eigenvalue weighted by atomic mass is 10.2. The van der Waals surface area contributed by atoms with Crippen molar-refractivity contribution in [3.05, 3.63) is 63.5 Å². The predicted octanol–water partition coefficient (Wildman–Crippen LogP) is 2.13. The van der Waals surface area contributed by atoms with Crippen LogP contribution in [0.1, 0.15) is 30.4 Å². The number of carbonyl (C=O) groups excluding carboxylic acids is 1. The van der Waals surface area contributed by atoms with Crippen LogP contribution < -0.4 is 5.84 Å². The first-order chi connectivity index (χ1) is 14.0. The lowest BCUT2D eigenvalue weighted by Gasteiger charge is -2.24. The Hall–Kier alpha value is -3.15. The third-order valence-corrected chi connectivity index (χ3v) is 4.87. The third-order valence-electron chi connectivity index (χ3n) is 4.19. The van der Waals surface area contributed by atoms with Gasteiger partial charge in [0.1, 0.15) is 6.61 Å². The monoisotopic (exact) mass is 419 g/mol. The van der Waals surface area contributed by atoms with Gasteiger partial charge in [-0.1, -0.05) is 35.6 Å². The standard InChI is InChI=1S/C18H21N5O5S/c19-23-20(10-5-4-8-16(24)25)21(17(22(23)27)15-9-11-29-13-15)18(26)28-12-14-6-2-1-3-7-14/h1-3,6-7,9,11,13H,4-5,8,10,12,19H2,(H,24,25). The molecule has 1 aliphatic rings. The van der Waals surface area contributed by atoms with Crippen molar-refractivity contribution >= 4 is 29.2 Å². The Labute approximate surface area is 171 Å². The minimum absolute atomic E-state index is 0.0148. The molecule has 3 N–H and O–H groups in total. The van der Waals surface area contributed by atoms with Gasteiger partial charge in [0.25, 0.3) is 0 Å². The summed E-state index contributed by atoms with van der Waals surface area (Å²) in [6, 6.07) is 10.9. The fourth-order valence-corrected chi connectivity index (χ4v) is 3.42. The van der Waals surface area contributed by atoms with Crippen LogP contribution in [0.5, 0.6) is 0 Å². The van der Waals surface area contributed by atoms with E-state index in [4.69, 9.17) is 15.7 Å². The zero-order valence-electron chi connectivity index (χ0n) is 15.5. The summed E-state index contributed by atoms with van der Waals surface area (Å²) in [7, 11) is 0. The van der Waals surface area contributed by atoms with Crippen molar-refractivity contribution in [2.24, 2.45) is 5.84 Å². The minimum atomic E-state index is -0.911. The summed E-state index contributed by atoms with van der Waals surface area (Å²) in [5.74, 6) is 4.99. The van der Waals surface area contributed by atoms with Gasteiger partial charge in [-0.15, -0.1) is 4.85 Å². The minimum Gasteiger partial charge on any atom is -0.690 e. The summed E-state index contributed by atoms with van der Waals surface area (Å²) >= 11 is 1.37. The number of aliphatic carboxylic acids is 1. The fourth-order valence-electron chi connectivity index (χ4n) is 2.79. The second kappa shape index (κ2) is 9.37. The van der Waals surface area contributed by atoms with E-state index >= 15 is 0 Å². The second-order valence-electron chi connectivity index (χ2n) is 6.23. The Bertz CT molecular complexity index is 874. The quantitative estimate of drug-likeness (QED) is 0.288. The zero-order valence-corrected chi connectivity index (χ0v) is 16.3. The van der Waals surface area contributed by atoms with Crippen LogP contribution in [-0.2, 0) is 16.1 Å². The molecular weight excluding hydrogens is 398 g/mol. The van der Waals surface area contributed by atoms with E-state index < -0.39 is 12.1 Å². The van der Waals surface area contributed by atoms with Gasteiger partial charge in [0.2, 0.25) is 0 Å². The number of unbranched alkanes of at least 4 members (excludes halogenated alkanes) is 1. The largest absolute Gasteiger partial charge is 0.690 e. The first-order valence-corrected chi connectivity index (χ1v) is 9.85. The van der Waals surface area contributed by atoms with Crippen molar-refractivity contribution in [2.45, 2.75) is 25.9 Å². The third kappa shape index (κ3) is 4.83. The number of benzene rings is 1. The van der Waals surface area contributed by atoms with E-state index in [9.17, 15) is 14.8 Å². The summed E-state index contributed by atoms with van der Waals surface area (Å²) < 4.78 is 5.40. The van der Waals surface area contributed by atoms with E-state index in [0.29, 0.717) is 23.3 Å². The molecule has 2 aromatic rings. The smallest absolute Gasteiger partial charge is 0.528 e. The molecule has 3 rings (SSSR count). The van der Waals surface area contributed by atoms with Crippen LogP contribution in [0, 0.1) is 5.21 Å². The molecule has 0 saturated heterocycles. The molecule has 0 atom stereocenters. The molecular formula is C18H21N5O5S. The molecule has 0 radical (unpaired) electrons. The highest BCUT2D eigenvalue weighted by Gasteiger charge is 2.48.